The summed E-state index contributed by atoms with van der Waals surface area (Å²) in [6.07, 6.45) is 2.33. The predicted octanol–water partition coefficient (Wildman–Crippen LogP) is 2.07. The van der Waals surface area contributed by atoms with Crippen LogP contribution in [0.4, 0.5) is 0 Å². The number of allylic oxidation sites excluding steroid dienone is 4. The minimum absolute atomic E-state index is 0. The zero-order valence-electron chi connectivity index (χ0n) is 9.22. The van der Waals surface area contributed by atoms with Gasteiger partial charge in [0, 0.05) is 29.2 Å². The zero-order chi connectivity index (χ0) is 11.7. The van der Waals surface area contributed by atoms with Gasteiger partial charge in [0.1, 0.15) is 0 Å². The summed E-state index contributed by atoms with van der Waals surface area (Å²) >= 11 is 0. The third-order valence-electron chi connectivity index (χ3n) is 0.824. The molecule has 5 heteroatoms. The molecule has 0 rings (SSSR count). The minimum Gasteiger partial charge on any atom is -0.512 e. The molecule has 0 aromatic carbocycles. The van der Waals surface area contributed by atoms with Crippen LogP contribution in [0.3, 0.4) is 0 Å². The van der Waals surface area contributed by atoms with Crippen molar-refractivity contribution < 1.29 is 36.9 Å². The summed E-state index contributed by atoms with van der Waals surface area (Å²) in [6.45, 7) is 5.70. The molecule has 0 spiro atoms. The summed E-state index contributed by atoms with van der Waals surface area (Å²) in [5.74, 6) is -0.125. The normalized spacial score (nSPS) is 10.7. The van der Waals surface area contributed by atoms with Crippen molar-refractivity contribution in [2.45, 2.75) is 27.7 Å². The van der Waals surface area contributed by atoms with E-state index in [1.165, 1.54) is 39.8 Å². The molecule has 2 N–H and O–H groups in total. The molecule has 0 unspecified atom stereocenters. The average Bonchev–Trinajstić information content (AvgIpc) is 1.79. The van der Waals surface area contributed by atoms with Gasteiger partial charge >= 0.3 is 0 Å². The van der Waals surface area contributed by atoms with Crippen LogP contribution in [0.15, 0.2) is 23.7 Å². The molecule has 0 atom stereocenters. The molecule has 0 aromatic heterocycles. The van der Waals surface area contributed by atoms with Gasteiger partial charge < -0.3 is 10.2 Å². The molecule has 0 aliphatic carbocycles. The van der Waals surface area contributed by atoms with Crippen molar-refractivity contribution in [2.24, 2.45) is 0 Å². The molecular weight excluding hydrogens is 240 g/mol. The van der Waals surface area contributed by atoms with Crippen molar-refractivity contribution in [3.05, 3.63) is 23.7 Å². The van der Waals surface area contributed by atoms with E-state index in [-0.39, 0.29) is 40.2 Å². The van der Waals surface area contributed by atoms with Gasteiger partial charge in [-0.2, -0.15) is 0 Å². The SMILES string of the molecule is CC(=O)/C=C(/C)O.CC(=O)/C=C(/C)O.[Fe]. The van der Waals surface area contributed by atoms with Crippen molar-refractivity contribution in [3.8, 4) is 0 Å². The third kappa shape index (κ3) is 32.2. The second-order valence-corrected chi connectivity index (χ2v) is 2.79. The number of carbonyl (C=O) groups excluding carboxylic acids is 2. The number of rotatable bonds is 2. The Morgan fingerprint density at radius 1 is 0.800 bits per heavy atom. The summed E-state index contributed by atoms with van der Waals surface area (Å²) in [5.41, 5.74) is 0. The number of aliphatic hydroxyl groups is 2. The fourth-order valence-electron chi connectivity index (χ4n) is 0.588. The Bertz CT molecular complexity index is 231. The molecule has 4 nitrogen and oxygen atoms in total. The molecule has 0 saturated heterocycles. The minimum atomic E-state index is -0.125. The molecule has 0 aliphatic rings. The Morgan fingerprint density at radius 3 is 1.00 bits per heavy atom. The molecule has 0 saturated carbocycles. The maximum absolute atomic E-state index is 10.0. The van der Waals surface area contributed by atoms with E-state index in [9.17, 15) is 9.59 Å². The number of carbonyl (C=O) groups is 2. The first-order chi connectivity index (χ1) is 6.25. The fraction of sp³-hybridized carbons (Fsp3) is 0.400. The van der Waals surface area contributed by atoms with Crippen LogP contribution in [0.1, 0.15) is 27.7 Å². The standard InChI is InChI=1S/2C5H8O2.Fe/c2*1-4(6)3-5(2)7;/h2*3,6H,1-2H3;/b2*4-3-;. The molecular formula is C10H16FeO4. The van der Waals surface area contributed by atoms with E-state index in [0.717, 1.165) is 0 Å². The van der Waals surface area contributed by atoms with Gasteiger partial charge in [0.2, 0.25) is 0 Å². The molecule has 0 fully saturated rings. The van der Waals surface area contributed by atoms with Gasteiger partial charge in [-0.05, 0) is 27.7 Å². The van der Waals surface area contributed by atoms with E-state index >= 15 is 0 Å². The van der Waals surface area contributed by atoms with Crippen LogP contribution in [0.5, 0.6) is 0 Å². The fourth-order valence-corrected chi connectivity index (χ4v) is 0.588. The first-order valence-corrected chi connectivity index (χ1v) is 4.01. The number of hydrogen-bond donors (Lipinski definition) is 2. The van der Waals surface area contributed by atoms with Gasteiger partial charge in [-0.25, -0.2) is 0 Å². The monoisotopic (exact) mass is 256 g/mol. The Balaban J connectivity index is -0.000000180. The second-order valence-electron chi connectivity index (χ2n) is 2.79. The van der Waals surface area contributed by atoms with Gasteiger partial charge in [0.15, 0.2) is 11.6 Å². The molecule has 0 bridgehead atoms. The van der Waals surface area contributed by atoms with E-state index in [2.05, 4.69) is 0 Å². The maximum Gasteiger partial charge on any atom is 0.155 e. The molecule has 0 heterocycles. The van der Waals surface area contributed by atoms with Crippen molar-refractivity contribution >= 4 is 11.6 Å². The number of ketones is 2. The van der Waals surface area contributed by atoms with Crippen LogP contribution >= 0.6 is 0 Å². The van der Waals surface area contributed by atoms with Crippen LogP contribution in [0, 0.1) is 0 Å². The van der Waals surface area contributed by atoms with Crippen molar-refractivity contribution in [1.29, 1.82) is 0 Å². The Kier molecular flexibility index (Phi) is 14.3. The largest absolute Gasteiger partial charge is 0.512 e. The van der Waals surface area contributed by atoms with E-state index in [4.69, 9.17) is 10.2 Å². The molecule has 15 heavy (non-hydrogen) atoms. The third-order valence-corrected chi connectivity index (χ3v) is 0.824. The molecule has 0 aliphatic heterocycles. The summed E-state index contributed by atoms with van der Waals surface area (Å²) in [4.78, 5) is 20.0. The molecule has 0 aromatic rings. The van der Waals surface area contributed by atoms with Crippen molar-refractivity contribution in [1.82, 2.24) is 0 Å². The average molecular weight is 256 g/mol. The number of hydrogen-bond acceptors (Lipinski definition) is 4. The van der Waals surface area contributed by atoms with Crippen LogP contribution in [0.2, 0.25) is 0 Å². The van der Waals surface area contributed by atoms with Crippen LogP contribution in [0.25, 0.3) is 0 Å². The Labute approximate surface area is 100 Å². The maximum atomic E-state index is 10.0. The smallest absolute Gasteiger partial charge is 0.155 e. The summed E-state index contributed by atoms with van der Waals surface area (Å²) < 4.78 is 0. The molecule has 0 amide bonds. The van der Waals surface area contributed by atoms with Crippen molar-refractivity contribution in [3.63, 3.8) is 0 Å². The molecule has 0 radical (unpaired) electrons. The van der Waals surface area contributed by atoms with E-state index in [0.29, 0.717) is 0 Å². The van der Waals surface area contributed by atoms with Crippen molar-refractivity contribution in [2.75, 3.05) is 0 Å². The first kappa shape index (κ1) is 19.5. The van der Waals surface area contributed by atoms with Gasteiger partial charge in [-0.3, -0.25) is 9.59 Å². The Morgan fingerprint density at radius 2 is 1.00 bits per heavy atom. The summed E-state index contributed by atoms with van der Waals surface area (Å²) in [5, 5.41) is 16.7. The van der Waals surface area contributed by atoms with Crippen LogP contribution in [-0.2, 0) is 26.7 Å². The van der Waals surface area contributed by atoms with Gasteiger partial charge in [0.05, 0.1) is 11.5 Å². The number of aliphatic hydroxyl groups excluding tert-OH is 2. The topological polar surface area (TPSA) is 74.6 Å². The van der Waals surface area contributed by atoms with E-state index < -0.39 is 0 Å². The quantitative estimate of drug-likeness (QED) is 0.450. The van der Waals surface area contributed by atoms with E-state index in [1.54, 1.807) is 0 Å². The summed E-state index contributed by atoms with van der Waals surface area (Å²) in [7, 11) is 0. The van der Waals surface area contributed by atoms with E-state index in [1.807, 2.05) is 0 Å². The predicted molar refractivity (Wildman–Crippen MR) is 54.1 cm³/mol. The summed E-state index contributed by atoms with van der Waals surface area (Å²) in [6, 6.07) is 0. The molecule has 88 valence electrons. The van der Waals surface area contributed by atoms with Crippen LogP contribution in [-0.4, -0.2) is 21.8 Å². The van der Waals surface area contributed by atoms with Gasteiger partial charge in [-0.1, -0.05) is 0 Å². The van der Waals surface area contributed by atoms with Gasteiger partial charge in [0.25, 0.3) is 0 Å². The van der Waals surface area contributed by atoms with Gasteiger partial charge in [-0.15, -0.1) is 0 Å². The first-order valence-electron chi connectivity index (χ1n) is 4.01. The Hall–Kier alpha value is -1.06. The van der Waals surface area contributed by atoms with Crippen LogP contribution < -0.4 is 0 Å². The second kappa shape index (κ2) is 11.0. The zero-order valence-corrected chi connectivity index (χ0v) is 10.3.